The lowest BCUT2D eigenvalue weighted by atomic mass is 9.77. The van der Waals surface area contributed by atoms with Crippen LogP contribution in [0.4, 0.5) is 0 Å². The predicted molar refractivity (Wildman–Crippen MR) is 84.3 cm³/mol. The molecule has 4 heteroatoms. The average molecular weight is 299 g/mol. The molecule has 3 rings (SSSR count). The van der Waals surface area contributed by atoms with E-state index < -0.39 is 0 Å². The van der Waals surface area contributed by atoms with E-state index in [2.05, 4.69) is 30.9 Å². The molecule has 3 saturated heterocycles. The van der Waals surface area contributed by atoms with Crippen LogP contribution in [-0.2, 0) is 9.47 Å². The Labute approximate surface area is 127 Å². The number of rotatable bonds is 4. The molecule has 116 valence electrons. The maximum absolute atomic E-state index is 6.19. The summed E-state index contributed by atoms with van der Waals surface area (Å²) < 4.78 is 12.3. The van der Waals surface area contributed by atoms with Crippen molar-refractivity contribution in [3.05, 3.63) is 0 Å². The lowest BCUT2D eigenvalue weighted by Crippen LogP contribution is -2.52. The van der Waals surface area contributed by atoms with Gasteiger partial charge in [-0.05, 0) is 49.8 Å². The zero-order valence-electron chi connectivity index (χ0n) is 12.9. The Morgan fingerprint density at radius 2 is 2.25 bits per heavy atom. The lowest BCUT2D eigenvalue weighted by molar-refractivity contribution is -0.0956. The molecule has 20 heavy (non-hydrogen) atoms. The molecule has 0 aromatic heterocycles. The summed E-state index contributed by atoms with van der Waals surface area (Å²) in [7, 11) is 0. The van der Waals surface area contributed by atoms with Crippen LogP contribution in [0.25, 0.3) is 0 Å². The number of hydrogen-bond donors (Lipinski definition) is 1. The summed E-state index contributed by atoms with van der Waals surface area (Å²) in [6.07, 6.45) is 5.29. The van der Waals surface area contributed by atoms with Crippen molar-refractivity contribution >= 4 is 11.8 Å². The zero-order valence-corrected chi connectivity index (χ0v) is 13.7. The minimum atomic E-state index is 0.184. The topological polar surface area (TPSA) is 30.5 Å². The quantitative estimate of drug-likeness (QED) is 0.864. The maximum Gasteiger partial charge on any atom is 0.0783 e. The molecule has 3 aliphatic rings. The van der Waals surface area contributed by atoms with Gasteiger partial charge in [0.2, 0.25) is 0 Å². The summed E-state index contributed by atoms with van der Waals surface area (Å²) in [5.74, 6) is 3.88. The fourth-order valence-corrected chi connectivity index (χ4v) is 5.58. The first-order valence-corrected chi connectivity index (χ1v) is 9.46. The third kappa shape index (κ3) is 3.03. The molecule has 0 aromatic carbocycles. The Morgan fingerprint density at radius 1 is 1.35 bits per heavy atom. The SMILES string of the molecule is CCNC(C1CCOC2(CCSC2)C1)C1OCCC1C. The molecule has 3 heterocycles. The zero-order chi connectivity index (χ0) is 14.0. The molecule has 0 saturated carbocycles. The van der Waals surface area contributed by atoms with E-state index in [1.807, 2.05) is 0 Å². The number of likely N-dealkylation sites (N-methyl/N-ethyl adjacent to an activating group) is 1. The monoisotopic (exact) mass is 299 g/mol. The lowest BCUT2D eigenvalue weighted by Gasteiger charge is -2.43. The van der Waals surface area contributed by atoms with E-state index >= 15 is 0 Å². The van der Waals surface area contributed by atoms with Gasteiger partial charge in [0.05, 0.1) is 11.7 Å². The summed E-state index contributed by atoms with van der Waals surface area (Å²) in [6, 6.07) is 0.517. The third-order valence-electron chi connectivity index (χ3n) is 5.34. The van der Waals surface area contributed by atoms with Gasteiger partial charge < -0.3 is 14.8 Å². The molecular formula is C16H29NO2S. The van der Waals surface area contributed by atoms with Crippen molar-refractivity contribution in [3.8, 4) is 0 Å². The summed E-state index contributed by atoms with van der Waals surface area (Å²) >= 11 is 2.06. The molecule has 0 aliphatic carbocycles. The van der Waals surface area contributed by atoms with Gasteiger partial charge in [-0.2, -0.15) is 11.8 Å². The highest BCUT2D eigenvalue weighted by molar-refractivity contribution is 7.99. The highest BCUT2D eigenvalue weighted by Crippen LogP contribution is 2.42. The van der Waals surface area contributed by atoms with E-state index in [1.165, 1.54) is 37.2 Å². The van der Waals surface area contributed by atoms with Crippen molar-refractivity contribution in [1.29, 1.82) is 0 Å². The van der Waals surface area contributed by atoms with Crippen LogP contribution in [0.5, 0.6) is 0 Å². The van der Waals surface area contributed by atoms with Gasteiger partial charge in [0.25, 0.3) is 0 Å². The van der Waals surface area contributed by atoms with Crippen molar-refractivity contribution in [1.82, 2.24) is 5.32 Å². The molecular weight excluding hydrogens is 270 g/mol. The Hall–Kier alpha value is 0.230. The van der Waals surface area contributed by atoms with E-state index in [4.69, 9.17) is 9.47 Å². The van der Waals surface area contributed by atoms with E-state index in [1.54, 1.807) is 0 Å². The number of ether oxygens (including phenoxy) is 2. The fraction of sp³-hybridized carbons (Fsp3) is 1.00. The summed E-state index contributed by atoms with van der Waals surface area (Å²) in [4.78, 5) is 0. The van der Waals surface area contributed by atoms with Gasteiger partial charge in [-0.15, -0.1) is 0 Å². The first-order valence-electron chi connectivity index (χ1n) is 8.31. The molecule has 3 aliphatic heterocycles. The molecule has 1 spiro atoms. The van der Waals surface area contributed by atoms with Gasteiger partial charge in [-0.1, -0.05) is 13.8 Å². The Bertz CT molecular complexity index is 320. The maximum atomic E-state index is 6.19. The van der Waals surface area contributed by atoms with Gasteiger partial charge in [-0.3, -0.25) is 0 Å². The van der Waals surface area contributed by atoms with Crippen LogP contribution in [0.2, 0.25) is 0 Å². The number of hydrogen-bond acceptors (Lipinski definition) is 4. The fourth-order valence-electron chi connectivity index (χ4n) is 4.20. The van der Waals surface area contributed by atoms with Gasteiger partial charge >= 0.3 is 0 Å². The molecule has 5 atom stereocenters. The van der Waals surface area contributed by atoms with Gasteiger partial charge in [0.1, 0.15) is 0 Å². The number of nitrogens with one attached hydrogen (secondary N) is 1. The van der Waals surface area contributed by atoms with Crippen molar-refractivity contribution in [2.24, 2.45) is 11.8 Å². The van der Waals surface area contributed by atoms with Crippen LogP contribution in [0.3, 0.4) is 0 Å². The molecule has 1 N–H and O–H groups in total. The molecule has 0 radical (unpaired) electrons. The van der Waals surface area contributed by atoms with E-state index in [9.17, 15) is 0 Å². The molecule has 5 unspecified atom stereocenters. The van der Waals surface area contributed by atoms with Crippen LogP contribution < -0.4 is 5.32 Å². The van der Waals surface area contributed by atoms with Gasteiger partial charge in [0.15, 0.2) is 0 Å². The molecule has 0 bridgehead atoms. The minimum Gasteiger partial charge on any atom is -0.376 e. The van der Waals surface area contributed by atoms with E-state index in [-0.39, 0.29) is 5.60 Å². The first kappa shape index (κ1) is 15.1. The van der Waals surface area contributed by atoms with Crippen molar-refractivity contribution in [3.63, 3.8) is 0 Å². The molecule has 0 amide bonds. The van der Waals surface area contributed by atoms with Gasteiger partial charge in [0, 0.05) is 25.0 Å². The second-order valence-electron chi connectivity index (χ2n) is 6.77. The smallest absolute Gasteiger partial charge is 0.0783 e. The average Bonchev–Trinajstić information content (AvgIpc) is 3.06. The molecule has 3 nitrogen and oxygen atoms in total. The third-order valence-corrected chi connectivity index (χ3v) is 6.57. The minimum absolute atomic E-state index is 0.184. The summed E-state index contributed by atoms with van der Waals surface area (Å²) in [5.41, 5.74) is 0.184. The summed E-state index contributed by atoms with van der Waals surface area (Å²) in [5, 5.41) is 3.74. The Balaban J connectivity index is 1.70. The van der Waals surface area contributed by atoms with Crippen molar-refractivity contribution < 1.29 is 9.47 Å². The highest BCUT2D eigenvalue weighted by Gasteiger charge is 2.45. The van der Waals surface area contributed by atoms with E-state index in [0.29, 0.717) is 24.0 Å². The van der Waals surface area contributed by atoms with Crippen LogP contribution in [-0.4, -0.2) is 49.0 Å². The Morgan fingerprint density at radius 3 is 2.90 bits per heavy atom. The largest absolute Gasteiger partial charge is 0.376 e. The van der Waals surface area contributed by atoms with Crippen LogP contribution in [0.1, 0.15) is 39.5 Å². The van der Waals surface area contributed by atoms with E-state index in [0.717, 1.165) is 19.8 Å². The second-order valence-corrected chi connectivity index (χ2v) is 7.88. The standard InChI is InChI=1S/C16H29NO2S/c1-3-17-14(15-12(2)4-7-18-15)13-5-8-19-16(10-13)6-9-20-11-16/h12-15,17H,3-11H2,1-2H3. The normalized spacial score (nSPS) is 43.2. The Kier molecular flexibility index (Phi) is 4.96. The second kappa shape index (κ2) is 6.55. The van der Waals surface area contributed by atoms with Crippen LogP contribution in [0.15, 0.2) is 0 Å². The van der Waals surface area contributed by atoms with Crippen molar-refractivity contribution in [2.75, 3.05) is 31.3 Å². The number of thioether (sulfide) groups is 1. The predicted octanol–water partition coefficient (Wildman–Crippen LogP) is 2.69. The van der Waals surface area contributed by atoms with Crippen molar-refractivity contribution in [2.45, 2.75) is 57.3 Å². The first-order chi connectivity index (χ1) is 9.74. The molecule has 3 fully saturated rings. The summed E-state index contributed by atoms with van der Waals surface area (Å²) in [6.45, 7) is 7.48. The van der Waals surface area contributed by atoms with Gasteiger partial charge in [-0.25, -0.2) is 0 Å². The van der Waals surface area contributed by atoms with Crippen LogP contribution in [0, 0.1) is 11.8 Å². The molecule has 0 aromatic rings. The van der Waals surface area contributed by atoms with Crippen LogP contribution >= 0.6 is 11.8 Å². The highest BCUT2D eigenvalue weighted by atomic mass is 32.2.